The molecule has 0 aromatic rings. The zero-order chi connectivity index (χ0) is 18.9. The molecule has 0 saturated carbocycles. The van der Waals surface area contributed by atoms with E-state index >= 15 is 0 Å². The maximum absolute atomic E-state index is 11.1. The van der Waals surface area contributed by atoms with E-state index in [1.165, 1.54) is 18.6 Å². The van der Waals surface area contributed by atoms with Gasteiger partial charge in [-0.2, -0.15) is 0 Å². The molecule has 7 heteroatoms. The molecule has 0 spiro atoms. The molecule has 0 bridgehead atoms. The van der Waals surface area contributed by atoms with Crippen LogP contribution in [-0.2, 0) is 4.79 Å². The molecule has 0 rings (SSSR count). The van der Waals surface area contributed by atoms with E-state index in [-0.39, 0.29) is 24.2 Å². The van der Waals surface area contributed by atoms with Crippen LogP contribution in [0.2, 0.25) is 0 Å². The van der Waals surface area contributed by atoms with E-state index in [4.69, 9.17) is 0 Å². The predicted molar refractivity (Wildman–Crippen MR) is 97.2 cm³/mol. The summed E-state index contributed by atoms with van der Waals surface area (Å²) in [5.41, 5.74) is -0.0702. The van der Waals surface area contributed by atoms with E-state index in [2.05, 4.69) is 6.92 Å². The van der Waals surface area contributed by atoms with E-state index in [0.717, 1.165) is 25.5 Å². The molecule has 140 valence electrons. The summed E-state index contributed by atoms with van der Waals surface area (Å²) in [6, 6.07) is 0. The van der Waals surface area contributed by atoms with Crippen molar-refractivity contribution in [3.8, 4) is 0 Å². The van der Waals surface area contributed by atoms with Crippen molar-refractivity contribution in [3.05, 3.63) is 55.9 Å². The molecular weight excluding hydrogens is 324 g/mol. The largest absolute Gasteiger partial charge is 0.303 e. The highest BCUT2D eigenvalue weighted by Gasteiger charge is 2.14. The van der Waals surface area contributed by atoms with Crippen molar-refractivity contribution in [3.63, 3.8) is 0 Å². The van der Waals surface area contributed by atoms with Gasteiger partial charge in [-0.15, -0.1) is 0 Å². The molecule has 0 unspecified atom stereocenters. The predicted octanol–water partition coefficient (Wildman–Crippen LogP) is 4.98. The van der Waals surface area contributed by atoms with Crippen molar-refractivity contribution in [2.45, 2.75) is 71.1 Å². The second-order valence-electron chi connectivity index (χ2n) is 5.72. The van der Waals surface area contributed by atoms with Gasteiger partial charge in [0.25, 0.3) is 0 Å². The summed E-state index contributed by atoms with van der Waals surface area (Å²) in [5.74, 6) is 0. The molecule has 0 heterocycles. The highest BCUT2D eigenvalue weighted by Crippen LogP contribution is 2.14. The minimum absolute atomic E-state index is 0.0336. The first-order chi connectivity index (χ1) is 12.0. The van der Waals surface area contributed by atoms with E-state index in [1.54, 1.807) is 0 Å². The Morgan fingerprint density at radius 3 is 2.16 bits per heavy atom. The molecule has 25 heavy (non-hydrogen) atoms. The Morgan fingerprint density at radius 1 is 0.880 bits per heavy atom. The number of nitrogens with zero attached hydrogens (tertiary/aromatic N) is 2. The van der Waals surface area contributed by atoms with Crippen LogP contribution in [0.15, 0.2) is 35.7 Å². The third kappa shape index (κ3) is 12.7. The number of allylic oxidation sites excluding steroid dienone is 5. The van der Waals surface area contributed by atoms with Gasteiger partial charge in [0.1, 0.15) is 6.29 Å². The Hall–Kier alpha value is -2.31. The van der Waals surface area contributed by atoms with Crippen molar-refractivity contribution in [2.24, 2.45) is 0 Å². The molecule has 0 amide bonds. The zero-order valence-electron chi connectivity index (χ0n) is 14.9. The van der Waals surface area contributed by atoms with Crippen LogP contribution in [0.3, 0.4) is 0 Å². The summed E-state index contributed by atoms with van der Waals surface area (Å²) in [7, 11) is 0. The molecule has 0 radical (unpaired) electrons. The Morgan fingerprint density at radius 2 is 1.56 bits per heavy atom. The quantitative estimate of drug-likeness (QED) is 0.136. The molecule has 0 aromatic heterocycles. The maximum Gasteiger partial charge on any atom is 0.246 e. The summed E-state index contributed by atoms with van der Waals surface area (Å²) in [6.07, 6.45) is 13.9. The number of carbonyl (C=O) groups excluding carboxylic acids is 1. The van der Waals surface area contributed by atoms with Crippen LogP contribution in [0.5, 0.6) is 0 Å². The van der Waals surface area contributed by atoms with Crippen molar-refractivity contribution in [2.75, 3.05) is 0 Å². The topological polar surface area (TPSA) is 103 Å². The fraction of sp³-hybridized carbons (Fsp3) is 0.611. The molecule has 0 aliphatic carbocycles. The molecule has 0 fully saturated rings. The number of aldehydes is 1. The van der Waals surface area contributed by atoms with E-state index in [9.17, 15) is 25.0 Å². The summed E-state index contributed by atoms with van der Waals surface area (Å²) >= 11 is 0. The first-order valence-electron chi connectivity index (χ1n) is 8.78. The maximum atomic E-state index is 11.1. The number of unbranched alkanes of at least 4 members (excludes halogenated alkanes) is 5. The van der Waals surface area contributed by atoms with Gasteiger partial charge in [-0.25, -0.2) is 0 Å². The van der Waals surface area contributed by atoms with Crippen LogP contribution in [-0.4, -0.2) is 16.1 Å². The first-order valence-corrected chi connectivity index (χ1v) is 8.78. The number of carbonyl (C=O) groups is 1. The first kappa shape index (κ1) is 22.7. The normalized spacial score (nSPS) is 12.5. The lowest BCUT2D eigenvalue weighted by Crippen LogP contribution is -2.02. The smallest absolute Gasteiger partial charge is 0.246 e. The molecule has 7 nitrogen and oxygen atoms in total. The molecule has 0 aliphatic rings. The van der Waals surface area contributed by atoms with Crippen LogP contribution < -0.4 is 0 Å². The van der Waals surface area contributed by atoms with Gasteiger partial charge in [0.05, 0.1) is 16.3 Å². The van der Waals surface area contributed by atoms with Gasteiger partial charge in [0.2, 0.25) is 11.4 Å². The van der Waals surface area contributed by atoms with Gasteiger partial charge >= 0.3 is 0 Å². The number of rotatable bonds is 15. The van der Waals surface area contributed by atoms with Crippen LogP contribution in [0.4, 0.5) is 0 Å². The Bertz CT molecular complexity index is 510. The van der Waals surface area contributed by atoms with Gasteiger partial charge in [0.15, 0.2) is 0 Å². The Balaban J connectivity index is 4.58. The number of hydrogen-bond acceptors (Lipinski definition) is 5. The van der Waals surface area contributed by atoms with E-state index in [1.807, 2.05) is 12.2 Å². The second kappa shape index (κ2) is 15.2. The van der Waals surface area contributed by atoms with Crippen molar-refractivity contribution < 1.29 is 14.6 Å². The lowest BCUT2D eigenvalue weighted by molar-refractivity contribution is -0.432. The zero-order valence-corrected chi connectivity index (χ0v) is 14.9. The Kier molecular flexibility index (Phi) is 13.8. The van der Waals surface area contributed by atoms with Crippen LogP contribution >= 0.6 is 0 Å². The van der Waals surface area contributed by atoms with E-state index in [0.29, 0.717) is 25.7 Å². The van der Waals surface area contributed by atoms with Gasteiger partial charge < -0.3 is 4.79 Å². The van der Waals surface area contributed by atoms with Crippen LogP contribution in [0.25, 0.3) is 0 Å². The monoisotopic (exact) mass is 352 g/mol. The summed E-state index contributed by atoms with van der Waals surface area (Å²) in [4.78, 5) is 31.3. The third-order valence-corrected chi connectivity index (χ3v) is 3.65. The van der Waals surface area contributed by atoms with Crippen LogP contribution in [0.1, 0.15) is 71.1 Å². The van der Waals surface area contributed by atoms with Crippen molar-refractivity contribution in [1.82, 2.24) is 0 Å². The standard InChI is InChI=1S/C18H28N2O5/c1-2-3-4-5-6-7-9-12-17(19(22)23)14-15-18(20(24)25)13-10-8-11-16-21/h6-7,12,15-16H,2-5,8-11,13-14H2,1H3/b7-6-,17-12+,18-15+. The van der Waals surface area contributed by atoms with Gasteiger partial charge in [-0.3, -0.25) is 20.2 Å². The molecule has 0 aliphatic heterocycles. The minimum Gasteiger partial charge on any atom is -0.303 e. The lowest BCUT2D eigenvalue weighted by atomic mass is 10.1. The third-order valence-electron chi connectivity index (χ3n) is 3.65. The lowest BCUT2D eigenvalue weighted by Gasteiger charge is -1.98. The fourth-order valence-electron chi connectivity index (χ4n) is 2.19. The average molecular weight is 352 g/mol. The van der Waals surface area contributed by atoms with E-state index < -0.39 is 9.85 Å². The minimum atomic E-state index is -0.508. The fourth-order valence-corrected chi connectivity index (χ4v) is 2.19. The number of hydrogen-bond donors (Lipinski definition) is 0. The van der Waals surface area contributed by atoms with Gasteiger partial charge in [-0.1, -0.05) is 31.9 Å². The summed E-state index contributed by atoms with van der Waals surface area (Å²) in [5, 5.41) is 22.1. The molecule has 0 aromatic carbocycles. The van der Waals surface area contributed by atoms with Gasteiger partial charge in [-0.05, 0) is 44.3 Å². The highest BCUT2D eigenvalue weighted by molar-refractivity contribution is 5.48. The molecule has 0 saturated heterocycles. The second-order valence-corrected chi connectivity index (χ2v) is 5.72. The van der Waals surface area contributed by atoms with Crippen molar-refractivity contribution in [1.29, 1.82) is 0 Å². The van der Waals surface area contributed by atoms with Gasteiger partial charge in [0, 0.05) is 12.8 Å². The summed E-state index contributed by atoms with van der Waals surface area (Å²) < 4.78 is 0. The Labute approximate surface area is 148 Å². The molecule has 0 atom stereocenters. The van der Waals surface area contributed by atoms with Crippen molar-refractivity contribution >= 4 is 6.29 Å². The van der Waals surface area contributed by atoms with Crippen LogP contribution in [0, 0.1) is 20.2 Å². The molecule has 0 N–H and O–H groups in total. The summed E-state index contributed by atoms with van der Waals surface area (Å²) in [6.45, 7) is 2.13. The highest BCUT2D eigenvalue weighted by atomic mass is 16.6. The molecular formula is C18H28N2O5. The number of nitro groups is 2. The average Bonchev–Trinajstić information content (AvgIpc) is 2.57. The SMILES string of the molecule is CCCCC/C=C\C/C=C(\C/C=C(\CCCCC=O)[N+](=O)[O-])[N+](=O)[O-].